The zero-order valence-electron chi connectivity index (χ0n) is 14.3. The molecule has 0 unspecified atom stereocenters. The summed E-state index contributed by atoms with van der Waals surface area (Å²) in [5.74, 6) is 0.489. The molecule has 2 aliphatic rings. The Morgan fingerprint density at radius 2 is 1.80 bits per heavy atom. The lowest BCUT2D eigenvalue weighted by atomic mass is 9.88. The second-order valence-electron chi connectivity index (χ2n) is 7.01. The van der Waals surface area contributed by atoms with Gasteiger partial charge in [0, 0.05) is 16.7 Å². The average molecular weight is 353 g/mol. The molecular formula is C21H21ClN2O. The topological polar surface area (TPSA) is 32.3 Å². The van der Waals surface area contributed by atoms with E-state index in [4.69, 9.17) is 11.6 Å². The largest absolute Gasteiger partial charge is 0.321 e. The highest BCUT2D eigenvalue weighted by Crippen LogP contribution is 2.39. The number of nitrogens with zero attached hydrogens (tertiary/aromatic N) is 1. The summed E-state index contributed by atoms with van der Waals surface area (Å²) in [6, 6.07) is 12.5. The van der Waals surface area contributed by atoms with Crippen LogP contribution < -0.4 is 5.32 Å². The quantitative estimate of drug-likeness (QED) is 0.789. The van der Waals surface area contributed by atoms with Gasteiger partial charge in [-0.1, -0.05) is 42.4 Å². The summed E-state index contributed by atoms with van der Waals surface area (Å²) in [5, 5.41) is 3.44. The minimum absolute atomic E-state index is 0.152. The van der Waals surface area contributed by atoms with Crippen LogP contribution >= 0.6 is 11.6 Å². The van der Waals surface area contributed by atoms with Crippen LogP contribution in [0.3, 0.4) is 0 Å². The van der Waals surface area contributed by atoms with Crippen LogP contribution in [0.25, 0.3) is 16.7 Å². The molecule has 4 rings (SSSR count). The van der Waals surface area contributed by atoms with Crippen molar-refractivity contribution in [1.82, 2.24) is 4.90 Å². The number of fused-ring (bicyclic) bond motifs is 1. The van der Waals surface area contributed by atoms with Crippen molar-refractivity contribution >= 4 is 28.8 Å². The van der Waals surface area contributed by atoms with Crippen LogP contribution in [0.5, 0.6) is 0 Å². The Bertz CT molecular complexity index is 849. The third-order valence-corrected chi connectivity index (χ3v) is 5.68. The summed E-state index contributed by atoms with van der Waals surface area (Å²) in [5.41, 5.74) is 5.48. The van der Waals surface area contributed by atoms with Crippen molar-refractivity contribution in [2.24, 2.45) is 0 Å². The Morgan fingerprint density at radius 3 is 2.48 bits per heavy atom. The van der Waals surface area contributed by atoms with Crippen molar-refractivity contribution < 1.29 is 4.79 Å². The third kappa shape index (κ3) is 2.99. The van der Waals surface area contributed by atoms with Crippen molar-refractivity contribution in [3.63, 3.8) is 0 Å². The predicted molar refractivity (Wildman–Crippen MR) is 104 cm³/mol. The number of carbonyl (C=O) groups excluding carboxylic acids is 1. The van der Waals surface area contributed by atoms with Crippen molar-refractivity contribution in [2.75, 3.05) is 25.5 Å². The number of amides is 1. The number of piperidine rings is 1. The predicted octanol–water partition coefficient (Wildman–Crippen LogP) is 4.78. The van der Waals surface area contributed by atoms with Gasteiger partial charge in [0.1, 0.15) is 0 Å². The normalized spacial score (nSPS) is 18.3. The van der Waals surface area contributed by atoms with Crippen molar-refractivity contribution in [3.8, 4) is 11.1 Å². The summed E-state index contributed by atoms with van der Waals surface area (Å²) in [6.07, 6.45) is 2.42. The smallest absolute Gasteiger partial charge is 0.255 e. The first-order valence-corrected chi connectivity index (χ1v) is 9.04. The van der Waals surface area contributed by atoms with Gasteiger partial charge in [-0.2, -0.15) is 0 Å². The zero-order valence-corrected chi connectivity index (χ0v) is 15.1. The van der Waals surface area contributed by atoms with Crippen LogP contribution in [-0.2, 0) is 4.79 Å². The fourth-order valence-corrected chi connectivity index (χ4v) is 4.02. The molecule has 3 nitrogen and oxygen atoms in total. The number of likely N-dealkylation sites (tertiary alicyclic amines) is 1. The van der Waals surface area contributed by atoms with Crippen LogP contribution in [0, 0.1) is 0 Å². The molecular weight excluding hydrogens is 332 g/mol. The molecule has 1 saturated heterocycles. The highest BCUT2D eigenvalue weighted by Gasteiger charge is 2.24. The summed E-state index contributed by atoms with van der Waals surface area (Å²) in [7, 11) is 2.18. The molecule has 25 heavy (non-hydrogen) atoms. The molecule has 0 bridgehead atoms. The van der Waals surface area contributed by atoms with E-state index < -0.39 is 0 Å². The van der Waals surface area contributed by atoms with Gasteiger partial charge in [0.2, 0.25) is 0 Å². The molecule has 0 aliphatic carbocycles. The van der Waals surface area contributed by atoms with Gasteiger partial charge in [0.05, 0.1) is 10.7 Å². The number of anilines is 1. The van der Waals surface area contributed by atoms with Gasteiger partial charge in [-0.15, -0.1) is 0 Å². The molecule has 2 aromatic rings. The Kier molecular flexibility index (Phi) is 4.14. The maximum atomic E-state index is 11.8. The molecule has 2 heterocycles. The molecule has 1 N–H and O–H groups in total. The Balaban J connectivity index is 1.63. The summed E-state index contributed by atoms with van der Waals surface area (Å²) in [4.78, 5) is 14.2. The fraction of sp³-hybridized carbons (Fsp3) is 0.286. The molecule has 0 aromatic heterocycles. The van der Waals surface area contributed by atoms with E-state index in [1.54, 1.807) is 0 Å². The van der Waals surface area contributed by atoms with E-state index in [2.05, 4.69) is 48.1 Å². The van der Waals surface area contributed by atoms with Crippen molar-refractivity contribution in [1.29, 1.82) is 0 Å². The van der Waals surface area contributed by atoms with Gasteiger partial charge < -0.3 is 10.2 Å². The summed E-state index contributed by atoms with van der Waals surface area (Å²) < 4.78 is 0. The fourth-order valence-electron chi connectivity index (χ4n) is 3.74. The number of nitrogens with one attached hydrogen (secondary N) is 1. The summed E-state index contributed by atoms with van der Waals surface area (Å²) >= 11 is 6.46. The van der Waals surface area contributed by atoms with Crippen LogP contribution in [0.4, 0.5) is 5.69 Å². The van der Waals surface area contributed by atoms with Gasteiger partial charge in [-0.25, -0.2) is 0 Å². The standard InChI is InChI=1S/C21H21ClN2O/c1-13-17-11-18(19(22)12-20(17)23-21(13)25)16-5-3-14(4-6-16)15-7-9-24(2)10-8-15/h3-6,11-12,15H,1,7-10H2,2H3,(H,23,25). The van der Waals surface area contributed by atoms with Gasteiger partial charge in [-0.3, -0.25) is 4.79 Å². The number of hydrogen-bond donors (Lipinski definition) is 1. The second-order valence-corrected chi connectivity index (χ2v) is 7.42. The number of rotatable bonds is 2. The highest BCUT2D eigenvalue weighted by atomic mass is 35.5. The van der Waals surface area contributed by atoms with Crippen molar-refractivity contribution in [3.05, 3.63) is 59.1 Å². The number of halogens is 1. The second kappa shape index (κ2) is 6.32. The minimum atomic E-state index is -0.152. The monoisotopic (exact) mass is 352 g/mol. The van der Waals surface area contributed by atoms with E-state index in [0.717, 1.165) is 35.5 Å². The molecule has 0 radical (unpaired) electrons. The number of hydrogen-bond acceptors (Lipinski definition) is 2. The first-order valence-electron chi connectivity index (χ1n) is 8.66. The molecule has 0 spiro atoms. The average Bonchev–Trinajstić information content (AvgIpc) is 2.89. The maximum Gasteiger partial charge on any atom is 0.255 e. The van der Waals surface area contributed by atoms with E-state index in [0.29, 0.717) is 16.5 Å². The van der Waals surface area contributed by atoms with Crippen LogP contribution in [0.1, 0.15) is 29.9 Å². The van der Waals surface area contributed by atoms with Crippen LogP contribution in [0.15, 0.2) is 43.0 Å². The van der Waals surface area contributed by atoms with Gasteiger partial charge in [-0.05, 0) is 62.2 Å². The molecule has 2 aromatic carbocycles. The Labute approximate surface area is 153 Å². The summed E-state index contributed by atoms with van der Waals surface area (Å²) in [6.45, 7) is 6.18. The third-order valence-electron chi connectivity index (χ3n) is 5.37. The number of benzene rings is 2. The molecule has 0 atom stereocenters. The Hall–Kier alpha value is -2.10. The molecule has 1 amide bonds. The lowest BCUT2D eigenvalue weighted by molar-refractivity contribution is -0.110. The minimum Gasteiger partial charge on any atom is -0.321 e. The lowest BCUT2D eigenvalue weighted by Gasteiger charge is -2.29. The van der Waals surface area contributed by atoms with E-state index >= 15 is 0 Å². The first-order chi connectivity index (χ1) is 12.0. The van der Waals surface area contributed by atoms with E-state index in [1.165, 1.54) is 18.4 Å². The first kappa shape index (κ1) is 16.4. The van der Waals surface area contributed by atoms with E-state index in [9.17, 15) is 4.79 Å². The molecule has 1 fully saturated rings. The molecule has 0 saturated carbocycles. The SMILES string of the molecule is C=C1C(=O)Nc2cc(Cl)c(-c3ccc(C4CCN(C)CC4)cc3)cc21. The Morgan fingerprint density at radius 1 is 1.12 bits per heavy atom. The van der Waals surface area contributed by atoms with Gasteiger partial charge >= 0.3 is 0 Å². The molecule has 4 heteroatoms. The maximum absolute atomic E-state index is 11.8. The van der Waals surface area contributed by atoms with Crippen molar-refractivity contribution in [2.45, 2.75) is 18.8 Å². The van der Waals surface area contributed by atoms with Gasteiger partial charge in [0.25, 0.3) is 5.91 Å². The zero-order chi connectivity index (χ0) is 17.6. The van der Waals surface area contributed by atoms with Gasteiger partial charge in [0.15, 0.2) is 0 Å². The lowest BCUT2D eigenvalue weighted by Crippen LogP contribution is -2.29. The van der Waals surface area contributed by atoms with Crippen LogP contribution in [0.2, 0.25) is 5.02 Å². The van der Waals surface area contributed by atoms with E-state index in [-0.39, 0.29) is 5.91 Å². The molecule has 2 aliphatic heterocycles. The highest BCUT2D eigenvalue weighted by molar-refractivity contribution is 6.36. The molecule has 128 valence electrons. The van der Waals surface area contributed by atoms with Crippen LogP contribution in [-0.4, -0.2) is 30.9 Å². The van der Waals surface area contributed by atoms with E-state index in [1.807, 2.05) is 12.1 Å². The number of carbonyl (C=O) groups is 1.